The molecule has 0 spiro atoms. The maximum Gasteiger partial charge on any atom is 0.253 e. The molecule has 2 aromatic rings. The van der Waals surface area contributed by atoms with E-state index >= 15 is 0 Å². The summed E-state index contributed by atoms with van der Waals surface area (Å²) in [4.78, 5) is 11.9. The molecule has 6 nitrogen and oxygen atoms in total. The van der Waals surface area contributed by atoms with E-state index in [1.807, 2.05) is 0 Å². The molecule has 0 saturated heterocycles. The maximum absolute atomic E-state index is 11.9. The highest BCUT2D eigenvalue weighted by Gasteiger charge is 2.11. The lowest BCUT2D eigenvalue weighted by molar-refractivity contribution is 0.0950. The number of carbonyl (C=O) groups excluding carboxylic acids is 1. The van der Waals surface area contributed by atoms with E-state index in [2.05, 4.69) is 15.5 Å². The molecule has 0 bridgehead atoms. The molecule has 1 aromatic heterocycles. The molecule has 0 aliphatic carbocycles. The largest absolute Gasteiger partial charge is 0.398 e. The molecule has 18 heavy (non-hydrogen) atoms. The smallest absolute Gasteiger partial charge is 0.253 e. The van der Waals surface area contributed by atoms with Gasteiger partial charge in [0.1, 0.15) is 6.33 Å². The molecule has 94 valence electrons. The van der Waals surface area contributed by atoms with Crippen LogP contribution in [-0.2, 0) is 13.6 Å². The summed E-state index contributed by atoms with van der Waals surface area (Å²) in [6, 6.07) is 4.76. The quantitative estimate of drug-likeness (QED) is 0.810. The monoisotopic (exact) mass is 265 g/mol. The Morgan fingerprint density at radius 3 is 3.00 bits per heavy atom. The van der Waals surface area contributed by atoms with Crippen molar-refractivity contribution in [1.29, 1.82) is 0 Å². The van der Waals surface area contributed by atoms with E-state index in [-0.39, 0.29) is 12.5 Å². The second-order valence-electron chi connectivity index (χ2n) is 3.77. The van der Waals surface area contributed by atoms with E-state index in [0.29, 0.717) is 22.1 Å². The van der Waals surface area contributed by atoms with Gasteiger partial charge in [-0.2, -0.15) is 0 Å². The SMILES string of the molecule is Cn1cnnc1CNC(=O)c1cc(Cl)ccc1N. The molecule has 0 radical (unpaired) electrons. The van der Waals surface area contributed by atoms with Gasteiger partial charge in [-0.05, 0) is 18.2 Å². The van der Waals surface area contributed by atoms with Crippen molar-refractivity contribution in [3.05, 3.63) is 40.9 Å². The number of carbonyl (C=O) groups is 1. The fourth-order valence-corrected chi connectivity index (χ4v) is 1.62. The molecule has 0 unspecified atom stereocenters. The highest BCUT2D eigenvalue weighted by atomic mass is 35.5. The van der Waals surface area contributed by atoms with Crippen molar-refractivity contribution in [2.45, 2.75) is 6.54 Å². The van der Waals surface area contributed by atoms with Crippen molar-refractivity contribution in [3.63, 3.8) is 0 Å². The molecule has 3 N–H and O–H groups in total. The summed E-state index contributed by atoms with van der Waals surface area (Å²) in [5.74, 6) is 0.363. The minimum atomic E-state index is -0.294. The number of nitrogen functional groups attached to an aromatic ring is 1. The number of halogens is 1. The number of aromatic nitrogens is 3. The van der Waals surface area contributed by atoms with Crippen molar-refractivity contribution in [3.8, 4) is 0 Å². The maximum atomic E-state index is 11.9. The number of anilines is 1. The standard InChI is InChI=1S/C11H12ClN5O/c1-17-6-15-16-10(17)5-14-11(18)8-4-7(12)2-3-9(8)13/h2-4,6H,5,13H2,1H3,(H,14,18). The number of rotatable bonds is 3. The average Bonchev–Trinajstić information content (AvgIpc) is 2.75. The number of amides is 1. The fraction of sp³-hybridized carbons (Fsp3) is 0.182. The fourth-order valence-electron chi connectivity index (χ4n) is 1.45. The first-order valence-electron chi connectivity index (χ1n) is 5.24. The minimum absolute atomic E-state index is 0.279. The Balaban J connectivity index is 2.08. The second-order valence-corrected chi connectivity index (χ2v) is 4.21. The predicted molar refractivity (Wildman–Crippen MR) is 68.0 cm³/mol. The topological polar surface area (TPSA) is 85.8 Å². The van der Waals surface area contributed by atoms with Crippen molar-refractivity contribution in [2.24, 2.45) is 7.05 Å². The van der Waals surface area contributed by atoms with Gasteiger partial charge in [0.05, 0.1) is 12.1 Å². The molecule has 0 fully saturated rings. The summed E-state index contributed by atoms with van der Waals surface area (Å²) in [6.45, 7) is 0.279. The third-order valence-electron chi connectivity index (χ3n) is 2.47. The Morgan fingerprint density at radius 2 is 2.33 bits per heavy atom. The van der Waals surface area contributed by atoms with Crippen LogP contribution in [0.4, 0.5) is 5.69 Å². The van der Waals surface area contributed by atoms with Gasteiger partial charge in [0.25, 0.3) is 5.91 Å². The van der Waals surface area contributed by atoms with Gasteiger partial charge in [0, 0.05) is 17.8 Å². The van der Waals surface area contributed by atoms with Crippen LogP contribution in [0.2, 0.25) is 5.02 Å². The Labute approximate surface area is 109 Å². The molecule has 0 aliphatic rings. The van der Waals surface area contributed by atoms with Crippen molar-refractivity contribution in [1.82, 2.24) is 20.1 Å². The van der Waals surface area contributed by atoms with Crippen LogP contribution in [0.25, 0.3) is 0 Å². The molecular formula is C11H12ClN5O. The summed E-state index contributed by atoms with van der Waals surface area (Å²) in [5, 5.41) is 10.8. The highest BCUT2D eigenvalue weighted by molar-refractivity contribution is 6.31. The number of nitrogens with one attached hydrogen (secondary N) is 1. The van der Waals surface area contributed by atoms with Crippen LogP contribution < -0.4 is 11.1 Å². The van der Waals surface area contributed by atoms with Gasteiger partial charge in [-0.25, -0.2) is 0 Å². The van der Waals surface area contributed by atoms with E-state index in [9.17, 15) is 4.79 Å². The minimum Gasteiger partial charge on any atom is -0.398 e. The van der Waals surface area contributed by atoms with Gasteiger partial charge in [-0.3, -0.25) is 4.79 Å². The number of aryl methyl sites for hydroxylation is 1. The van der Waals surface area contributed by atoms with Crippen LogP contribution in [0, 0.1) is 0 Å². The Kier molecular flexibility index (Phi) is 3.47. The van der Waals surface area contributed by atoms with Crippen molar-refractivity contribution in [2.75, 3.05) is 5.73 Å². The van der Waals surface area contributed by atoms with Crippen LogP contribution >= 0.6 is 11.6 Å². The Hall–Kier alpha value is -2.08. The number of nitrogens with two attached hydrogens (primary N) is 1. The third kappa shape index (κ3) is 2.60. The normalized spacial score (nSPS) is 10.3. The summed E-state index contributed by atoms with van der Waals surface area (Å²) < 4.78 is 1.72. The molecule has 0 aliphatic heterocycles. The first-order chi connectivity index (χ1) is 8.58. The molecule has 1 heterocycles. The third-order valence-corrected chi connectivity index (χ3v) is 2.71. The highest BCUT2D eigenvalue weighted by Crippen LogP contribution is 2.17. The van der Waals surface area contributed by atoms with Gasteiger partial charge in [0.2, 0.25) is 0 Å². The lowest BCUT2D eigenvalue weighted by atomic mass is 10.1. The van der Waals surface area contributed by atoms with Crippen LogP contribution in [-0.4, -0.2) is 20.7 Å². The molecule has 0 saturated carbocycles. The van der Waals surface area contributed by atoms with Crippen molar-refractivity contribution >= 4 is 23.2 Å². The van der Waals surface area contributed by atoms with E-state index in [1.54, 1.807) is 30.1 Å². The Morgan fingerprint density at radius 1 is 1.56 bits per heavy atom. The average molecular weight is 266 g/mol. The van der Waals surface area contributed by atoms with Crippen LogP contribution in [0.3, 0.4) is 0 Å². The summed E-state index contributed by atoms with van der Waals surface area (Å²) in [5.41, 5.74) is 6.45. The lowest BCUT2D eigenvalue weighted by Crippen LogP contribution is -2.25. The van der Waals surface area contributed by atoms with Crippen LogP contribution in [0.5, 0.6) is 0 Å². The van der Waals surface area contributed by atoms with Crippen LogP contribution in [0.15, 0.2) is 24.5 Å². The van der Waals surface area contributed by atoms with E-state index in [1.165, 1.54) is 6.07 Å². The van der Waals surface area contributed by atoms with Gasteiger partial charge >= 0.3 is 0 Å². The first kappa shape index (κ1) is 12.4. The van der Waals surface area contributed by atoms with Gasteiger partial charge in [-0.1, -0.05) is 11.6 Å². The Bertz CT molecular complexity index is 581. The molecule has 2 rings (SSSR count). The van der Waals surface area contributed by atoms with Crippen molar-refractivity contribution < 1.29 is 4.79 Å². The number of nitrogens with zero attached hydrogens (tertiary/aromatic N) is 3. The van der Waals surface area contributed by atoms with Crippen LogP contribution in [0.1, 0.15) is 16.2 Å². The van der Waals surface area contributed by atoms with Gasteiger partial charge in [-0.15, -0.1) is 10.2 Å². The van der Waals surface area contributed by atoms with E-state index in [4.69, 9.17) is 17.3 Å². The number of hydrogen-bond acceptors (Lipinski definition) is 4. The molecular weight excluding hydrogens is 254 g/mol. The zero-order valence-corrected chi connectivity index (χ0v) is 10.5. The number of hydrogen-bond donors (Lipinski definition) is 2. The second kappa shape index (κ2) is 5.05. The first-order valence-corrected chi connectivity index (χ1v) is 5.62. The molecule has 1 aromatic carbocycles. The zero-order valence-electron chi connectivity index (χ0n) is 9.72. The molecule has 1 amide bonds. The summed E-state index contributed by atoms with van der Waals surface area (Å²) in [6.07, 6.45) is 1.56. The predicted octanol–water partition coefficient (Wildman–Crippen LogP) is 0.981. The molecule has 0 atom stereocenters. The van der Waals surface area contributed by atoms with Gasteiger partial charge in [0.15, 0.2) is 5.82 Å². The van der Waals surface area contributed by atoms with E-state index in [0.717, 1.165) is 0 Å². The van der Waals surface area contributed by atoms with E-state index < -0.39 is 0 Å². The van der Waals surface area contributed by atoms with Gasteiger partial charge < -0.3 is 15.6 Å². The molecule has 7 heteroatoms. The summed E-state index contributed by atoms with van der Waals surface area (Å²) >= 11 is 5.82. The zero-order chi connectivity index (χ0) is 13.1. The number of benzene rings is 1. The summed E-state index contributed by atoms with van der Waals surface area (Å²) in [7, 11) is 1.80. The lowest BCUT2D eigenvalue weighted by Gasteiger charge is -2.07.